The molecule has 4 aromatic rings. The molecule has 186 valence electrons. The van der Waals surface area contributed by atoms with Crippen molar-refractivity contribution in [1.29, 1.82) is 0 Å². The van der Waals surface area contributed by atoms with E-state index in [4.69, 9.17) is 14.6 Å². The minimum absolute atomic E-state index is 0.133. The standard InChI is InChI=1S/C22H16F3N5O3.CH2O2/c23-22(24,25)33-15-7-5-14(6-8-15)21(9-12-32-17-3-1-10-26-19(17)21)29-20(31)16-13-30-18(28-16)4-2-11-27-30;2-1-3/h1-8,10-11,13H,9,12H2,(H,29,31);1H,(H,2,3). The summed E-state index contributed by atoms with van der Waals surface area (Å²) in [7, 11) is 0. The van der Waals surface area contributed by atoms with Crippen LogP contribution < -0.4 is 14.8 Å². The van der Waals surface area contributed by atoms with Gasteiger partial charge in [0.15, 0.2) is 5.65 Å². The summed E-state index contributed by atoms with van der Waals surface area (Å²) in [6.45, 7) is 0.00645. The Labute approximate surface area is 201 Å². The number of carbonyl (C=O) groups excluding carboxylic acids is 1. The first kappa shape index (κ1) is 24.4. The molecule has 0 saturated carbocycles. The lowest BCUT2D eigenvalue weighted by Gasteiger charge is -2.38. The van der Waals surface area contributed by atoms with Crippen LogP contribution in [0.25, 0.3) is 5.65 Å². The third kappa shape index (κ3) is 5.04. The van der Waals surface area contributed by atoms with Crippen molar-refractivity contribution < 1.29 is 37.3 Å². The van der Waals surface area contributed by atoms with E-state index in [0.717, 1.165) is 0 Å². The number of nitrogens with one attached hydrogen (secondary N) is 1. The second kappa shape index (κ2) is 9.90. The zero-order valence-corrected chi connectivity index (χ0v) is 18.3. The van der Waals surface area contributed by atoms with Crippen LogP contribution in [0.4, 0.5) is 13.2 Å². The van der Waals surface area contributed by atoms with Crippen molar-refractivity contribution in [1.82, 2.24) is 24.9 Å². The summed E-state index contributed by atoms with van der Waals surface area (Å²) in [5.41, 5.74) is 0.433. The van der Waals surface area contributed by atoms with E-state index in [1.165, 1.54) is 35.0 Å². The van der Waals surface area contributed by atoms with Gasteiger partial charge in [-0.25, -0.2) is 9.50 Å². The molecular weight excluding hydrogens is 483 g/mol. The molecule has 1 aromatic carbocycles. The van der Waals surface area contributed by atoms with Crippen molar-refractivity contribution in [3.63, 3.8) is 0 Å². The van der Waals surface area contributed by atoms with Crippen LogP contribution in [0.15, 0.2) is 67.1 Å². The number of alkyl halides is 3. The Morgan fingerprint density at radius 1 is 1.17 bits per heavy atom. The Balaban J connectivity index is 0.000000967. The molecule has 1 aliphatic heterocycles. The summed E-state index contributed by atoms with van der Waals surface area (Å²) < 4.78 is 49.0. The number of nitrogens with zero attached hydrogens (tertiary/aromatic N) is 4. The number of amides is 1. The number of ether oxygens (including phenoxy) is 2. The number of benzene rings is 1. The average molecular weight is 501 g/mol. The highest BCUT2D eigenvalue weighted by atomic mass is 19.4. The molecule has 5 rings (SSSR count). The molecule has 0 radical (unpaired) electrons. The van der Waals surface area contributed by atoms with Crippen LogP contribution in [0.3, 0.4) is 0 Å². The van der Waals surface area contributed by atoms with E-state index in [1.54, 1.807) is 36.7 Å². The summed E-state index contributed by atoms with van der Waals surface area (Å²) in [5, 5.41) is 14.0. The van der Waals surface area contributed by atoms with Crippen molar-refractivity contribution in [3.8, 4) is 11.5 Å². The topological polar surface area (TPSA) is 128 Å². The van der Waals surface area contributed by atoms with Gasteiger partial charge in [-0.2, -0.15) is 5.10 Å². The SMILES string of the molecule is O=C(NC1(c2ccc(OC(F)(F)F)cc2)CCOc2cccnc21)c1cn2ncccc2n1.O=CO. The third-order valence-electron chi connectivity index (χ3n) is 5.29. The molecule has 4 heterocycles. The van der Waals surface area contributed by atoms with Gasteiger partial charge in [0.25, 0.3) is 12.4 Å². The molecule has 1 amide bonds. The van der Waals surface area contributed by atoms with E-state index in [-0.39, 0.29) is 24.5 Å². The predicted molar refractivity (Wildman–Crippen MR) is 117 cm³/mol. The number of carbonyl (C=O) groups is 2. The second-order valence-electron chi connectivity index (χ2n) is 7.44. The minimum Gasteiger partial charge on any atom is -0.491 e. The number of hydrogen-bond donors (Lipinski definition) is 2. The number of rotatable bonds is 4. The maximum atomic E-state index is 13.3. The van der Waals surface area contributed by atoms with Gasteiger partial charge in [0.05, 0.1) is 12.8 Å². The van der Waals surface area contributed by atoms with Gasteiger partial charge in [-0.1, -0.05) is 12.1 Å². The first-order chi connectivity index (χ1) is 17.3. The van der Waals surface area contributed by atoms with Crippen LogP contribution in [-0.4, -0.2) is 50.0 Å². The number of fused-ring (bicyclic) bond motifs is 2. The van der Waals surface area contributed by atoms with Crippen molar-refractivity contribution in [2.45, 2.75) is 18.3 Å². The smallest absolute Gasteiger partial charge is 0.491 e. The van der Waals surface area contributed by atoms with Crippen molar-refractivity contribution >= 4 is 18.0 Å². The van der Waals surface area contributed by atoms with Gasteiger partial charge in [0.2, 0.25) is 0 Å². The number of carboxylic acid groups (broad SMARTS) is 1. The lowest BCUT2D eigenvalue weighted by molar-refractivity contribution is -0.274. The molecule has 13 heteroatoms. The summed E-state index contributed by atoms with van der Waals surface area (Å²) in [6, 6.07) is 12.2. The van der Waals surface area contributed by atoms with Crippen LogP contribution in [0.1, 0.15) is 28.2 Å². The lowest BCUT2D eigenvalue weighted by atomic mass is 9.81. The van der Waals surface area contributed by atoms with E-state index in [2.05, 4.69) is 25.1 Å². The zero-order valence-electron chi connectivity index (χ0n) is 18.3. The third-order valence-corrected chi connectivity index (χ3v) is 5.29. The number of pyridine rings is 1. The monoisotopic (exact) mass is 501 g/mol. The quantitative estimate of drug-likeness (QED) is 0.408. The fourth-order valence-corrected chi connectivity index (χ4v) is 3.87. The average Bonchev–Trinajstić information content (AvgIpc) is 3.29. The highest BCUT2D eigenvalue weighted by Gasteiger charge is 2.43. The fraction of sp³-hybridized carbons (Fsp3) is 0.174. The Kier molecular flexibility index (Phi) is 6.72. The van der Waals surface area contributed by atoms with E-state index in [0.29, 0.717) is 29.1 Å². The Morgan fingerprint density at radius 2 is 1.89 bits per heavy atom. The van der Waals surface area contributed by atoms with E-state index >= 15 is 0 Å². The molecule has 0 bridgehead atoms. The zero-order chi connectivity index (χ0) is 25.8. The van der Waals surface area contributed by atoms with Crippen molar-refractivity contribution in [3.05, 3.63) is 84.1 Å². The molecule has 1 unspecified atom stereocenters. The molecule has 1 atom stereocenters. The van der Waals surface area contributed by atoms with Crippen molar-refractivity contribution in [2.24, 2.45) is 0 Å². The molecule has 0 saturated heterocycles. The van der Waals surface area contributed by atoms with Crippen LogP contribution in [-0.2, 0) is 10.3 Å². The Hall–Kier alpha value is -4.68. The maximum Gasteiger partial charge on any atom is 0.573 e. The molecule has 10 nitrogen and oxygen atoms in total. The van der Waals surface area contributed by atoms with Gasteiger partial charge >= 0.3 is 6.36 Å². The van der Waals surface area contributed by atoms with Gasteiger partial charge in [0, 0.05) is 18.8 Å². The molecule has 2 N–H and O–H groups in total. The van der Waals surface area contributed by atoms with E-state index in [9.17, 15) is 18.0 Å². The summed E-state index contributed by atoms with van der Waals surface area (Å²) in [5.74, 6) is -0.390. The fourth-order valence-electron chi connectivity index (χ4n) is 3.87. The lowest BCUT2D eigenvalue weighted by Crippen LogP contribution is -2.50. The van der Waals surface area contributed by atoms with Gasteiger partial charge in [-0.3, -0.25) is 14.6 Å². The van der Waals surface area contributed by atoms with Gasteiger partial charge < -0.3 is 19.9 Å². The molecule has 3 aromatic heterocycles. The number of aromatic nitrogens is 4. The highest BCUT2D eigenvalue weighted by Crippen LogP contribution is 2.41. The van der Waals surface area contributed by atoms with Crippen LogP contribution in [0.2, 0.25) is 0 Å². The maximum absolute atomic E-state index is 13.3. The van der Waals surface area contributed by atoms with E-state index in [1.807, 2.05) is 0 Å². The van der Waals surface area contributed by atoms with Crippen LogP contribution in [0, 0.1) is 0 Å². The highest BCUT2D eigenvalue weighted by molar-refractivity contribution is 5.94. The summed E-state index contributed by atoms with van der Waals surface area (Å²) in [4.78, 5) is 30.4. The van der Waals surface area contributed by atoms with Gasteiger partial charge in [-0.15, -0.1) is 13.2 Å². The first-order valence-electron chi connectivity index (χ1n) is 10.4. The number of imidazole rings is 1. The molecular formula is C23H18F3N5O5. The van der Waals surface area contributed by atoms with Gasteiger partial charge in [0.1, 0.15) is 28.4 Å². The second-order valence-corrected chi connectivity index (χ2v) is 7.44. The molecule has 0 aliphatic carbocycles. The van der Waals surface area contributed by atoms with Crippen molar-refractivity contribution in [2.75, 3.05) is 6.61 Å². The molecule has 0 fully saturated rings. The largest absolute Gasteiger partial charge is 0.573 e. The molecule has 36 heavy (non-hydrogen) atoms. The normalized spacial score (nSPS) is 16.6. The first-order valence-corrected chi connectivity index (χ1v) is 10.4. The summed E-state index contributed by atoms with van der Waals surface area (Å²) in [6.07, 6.45) is 0.119. The molecule has 0 spiro atoms. The minimum atomic E-state index is -4.81. The number of halogens is 3. The van der Waals surface area contributed by atoms with Crippen LogP contribution in [0.5, 0.6) is 11.5 Å². The summed E-state index contributed by atoms with van der Waals surface area (Å²) >= 11 is 0. The van der Waals surface area contributed by atoms with E-state index < -0.39 is 17.8 Å². The Morgan fingerprint density at radius 3 is 2.58 bits per heavy atom. The van der Waals surface area contributed by atoms with Crippen LogP contribution >= 0.6 is 0 Å². The molecule has 1 aliphatic rings. The van der Waals surface area contributed by atoms with Gasteiger partial charge in [-0.05, 0) is 42.0 Å². The number of hydrogen-bond acceptors (Lipinski definition) is 7. The Bertz CT molecular complexity index is 1340. The predicted octanol–water partition coefficient (Wildman–Crippen LogP) is 3.18.